The van der Waals surface area contributed by atoms with Crippen LogP contribution >= 0.6 is 0 Å². The molecule has 1 aliphatic rings. The summed E-state index contributed by atoms with van der Waals surface area (Å²) >= 11 is 0. The first kappa shape index (κ1) is 14.2. The highest BCUT2D eigenvalue weighted by molar-refractivity contribution is 5.54. The number of halogens is 2. The van der Waals surface area contributed by atoms with Crippen molar-refractivity contribution in [2.75, 3.05) is 13.6 Å². The smallest absolute Gasteiger partial charge is 0.126 e. The Kier molecular flexibility index (Phi) is 5.08. The van der Waals surface area contributed by atoms with Crippen molar-refractivity contribution in [1.29, 1.82) is 0 Å². The van der Waals surface area contributed by atoms with E-state index in [9.17, 15) is 8.78 Å². The quantitative estimate of drug-likeness (QED) is 0.862. The van der Waals surface area contributed by atoms with Gasteiger partial charge in [-0.25, -0.2) is 8.78 Å². The topological polar surface area (TPSA) is 12.0 Å². The van der Waals surface area contributed by atoms with Gasteiger partial charge in [-0.05, 0) is 43.5 Å². The zero-order valence-electron chi connectivity index (χ0n) is 11.4. The molecule has 0 bridgehead atoms. The molecule has 19 heavy (non-hydrogen) atoms. The van der Waals surface area contributed by atoms with E-state index in [-0.39, 0.29) is 0 Å². The van der Waals surface area contributed by atoms with E-state index in [0.29, 0.717) is 11.5 Å². The van der Waals surface area contributed by atoms with Crippen molar-refractivity contribution in [2.24, 2.45) is 5.92 Å². The lowest BCUT2D eigenvalue weighted by Crippen LogP contribution is -2.19. The second kappa shape index (κ2) is 6.80. The first-order valence-electron chi connectivity index (χ1n) is 7.00. The second-order valence-electron chi connectivity index (χ2n) is 5.29. The van der Waals surface area contributed by atoms with Crippen LogP contribution in [0.2, 0.25) is 0 Å². The van der Waals surface area contributed by atoms with Crippen molar-refractivity contribution in [1.82, 2.24) is 5.32 Å². The molecule has 1 fully saturated rings. The van der Waals surface area contributed by atoms with Crippen LogP contribution in [-0.2, 0) is 0 Å². The zero-order valence-corrected chi connectivity index (χ0v) is 11.4. The molecule has 2 rings (SSSR count). The molecule has 0 atom stereocenters. The van der Waals surface area contributed by atoms with Crippen LogP contribution in [0, 0.1) is 17.6 Å². The number of hydrogen-bond acceptors (Lipinski definition) is 1. The maximum atomic E-state index is 13.2. The highest BCUT2D eigenvalue weighted by Gasteiger charge is 2.17. The van der Waals surface area contributed by atoms with Crippen LogP contribution in [0.15, 0.2) is 23.8 Å². The Morgan fingerprint density at radius 2 is 1.79 bits per heavy atom. The third-order valence-electron chi connectivity index (χ3n) is 3.75. The molecule has 0 aliphatic heterocycles. The molecule has 0 amide bonds. The molecular formula is C16H21F2N. The molecule has 1 N–H and O–H groups in total. The summed E-state index contributed by atoms with van der Waals surface area (Å²) in [4.78, 5) is 0. The number of likely N-dealkylation sites (N-methyl/N-ethyl adjacent to an activating group) is 1. The minimum absolute atomic E-state index is 0.515. The van der Waals surface area contributed by atoms with Crippen molar-refractivity contribution in [3.63, 3.8) is 0 Å². The largest absolute Gasteiger partial charge is 0.316 e. The third-order valence-corrected chi connectivity index (χ3v) is 3.75. The molecule has 0 aromatic heterocycles. The van der Waals surface area contributed by atoms with E-state index >= 15 is 0 Å². The third kappa shape index (κ3) is 4.13. The van der Waals surface area contributed by atoms with Gasteiger partial charge in [-0.2, -0.15) is 0 Å². The first-order valence-corrected chi connectivity index (χ1v) is 7.00. The van der Waals surface area contributed by atoms with Gasteiger partial charge in [0.15, 0.2) is 0 Å². The Morgan fingerprint density at radius 3 is 2.37 bits per heavy atom. The Bertz CT molecular complexity index is 428. The van der Waals surface area contributed by atoms with Gasteiger partial charge in [-0.15, -0.1) is 0 Å². The maximum Gasteiger partial charge on any atom is 0.126 e. The molecule has 1 aromatic rings. The summed E-state index contributed by atoms with van der Waals surface area (Å²) < 4.78 is 26.4. The Balaban J connectivity index is 2.23. The van der Waals surface area contributed by atoms with Gasteiger partial charge in [-0.3, -0.25) is 0 Å². The Hall–Kier alpha value is -1.22. The minimum Gasteiger partial charge on any atom is -0.316 e. The van der Waals surface area contributed by atoms with Gasteiger partial charge < -0.3 is 5.32 Å². The molecule has 1 saturated carbocycles. The first-order chi connectivity index (χ1) is 9.19. The van der Waals surface area contributed by atoms with E-state index in [1.165, 1.54) is 49.8 Å². The fraction of sp³-hybridized carbons (Fsp3) is 0.500. The molecule has 0 heterocycles. The van der Waals surface area contributed by atoms with Crippen molar-refractivity contribution < 1.29 is 8.78 Å². The molecule has 0 unspecified atom stereocenters. The number of hydrogen-bond donors (Lipinski definition) is 1. The van der Waals surface area contributed by atoms with Crippen LogP contribution in [0.5, 0.6) is 0 Å². The van der Waals surface area contributed by atoms with Crippen molar-refractivity contribution in [2.45, 2.75) is 32.1 Å². The maximum absolute atomic E-state index is 13.2. The molecule has 0 spiro atoms. The fourth-order valence-electron chi connectivity index (χ4n) is 2.86. The summed E-state index contributed by atoms with van der Waals surface area (Å²) in [6.07, 6.45) is 8.12. The fourth-order valence-corrected chi connectivity index (χ4v) is 2.86. The van der Waals surface area contributed by atoms with Gasteiger partial charge in [0.05, 0.1) is 0 Å². The minimum atomic E-state index is -0.515. The summed E-state index contributed by atoms with van der Waals surface area (Å²) in [5, 5.41) is 3.16. The average molecular weight is 265 g/mol. The van der Waals surface area contributed by atoms with Crippen LogP contribution in [0.25, 0.3) is 6.08 Å². The lowest BCUT2D eigenvalue weighted by molar-refractivity contribution is 0.398. The van der Waals surface area contributed by atoms with Gasteiger partial charge in [0.1, 0.15) is 11.6 Å². The summed E-state index contributed by atoms with van der Waals surface area (Å²) in [5.74, 6) is -0.482. The number of nitrogens with one attached hydrogen (secondary N) is 1. The number of benzene rings is 1. The van der Waals surface area contributed by atoms with Gasteiger partial charge in [0.25, 0.3) is 0 Å². The zero-order chi connectivity index (χ0) is 13.7. The predicted octanol–water partition coefficient (Wildman–Crippen LogP) is 4.15. The molecule has 1 nitrogen and oxygen atoms in total. The molecule has 0 saturated heterocycles. The van der Waals surface area contributed by atoms with Crippen LogP contribution in [0.1, 0.15) is 37.7 Å². The Labute approximate surface area is 113 Å². The van der Waals surface area contributed by atoms with Gasteiger partial charge in [0.2, 0.25) is 0 Å². The van der Waals surface area contributed by atoms with Crippen LogP contribution in [0.4, 0.5) is 8.78 Å². The normalized spacial score (nSPS) is 17.7. The molecule has 104 valence electrons. The monoisotopic (exact) mass is 265 g/mol. The highest BCUT2D eigenvalue weighted by Crippen LogP contribution is 2.30. The predicted molar refractivity (Wildman–Crippen MR) is 74.8 cm³/mol. The van der Waals surface area contributed by atoms with Crippen molar-refractivity contribution >= 4 is 6.08 Å². The van der Waals surface area contributed by atoms with Gasteiger partial charge in [-0.1, -0.05) is 30.9 Å². The van der Waals surface area contributed by atoms with Crippen LogP contribution in [-0.4, -0.2) is 13.6 Å². The molecule has 0 radical (unpaired) electrons. The summed E-state index contributed by atoms with van der Waals surface area (Å²) in [5.41, 5.74) is 1.88. The summed E-state index contributed by atoms with van der Waals surface area (Å²) in [7, 11) is 1.91. The van der Waals surface area contributed by atoms with Crippen LogP contribution in [0.3, 0.4) is 0 Å². The SMILES string of the molecule is CNC/C(=C/c1cc(F)cc(F)c1)C1CCCCC1. The highest BCUT2D eigenvalue weighted by atomic mass is 19.1. The van der Waals surface area contributed by atoms with E-state index in [4.69, 9.17) is 0 Å². The summed E-state index contributed by atoms with van der Waals surface area (Å²) in [6.45, 7) is 0.781. The lowest BCUT2D eigenvalue weighted by atomic mass is 9.83. The average Bonchev–Trinajstić information content (AvgIpc) is 2.38. The lowest BCUT2D eigenvalue weighted by Gasteiger charge is -2.24. The standard InChI is InChI=1S/C16H21F2N/c1-19-11-14(13-5-3-2-4-6-13)7-12-8-15(17)10-16(18)9-12/h7-10,13,19H,2-6,11H2,1H3/b14-7-. The van der Waals surface area contributed by atoms with E-state index in [1.54, 1.807) is 0 Å². The summed E-state index contributed by atoms with van der Waals surface area (Å²) in [6, 6.07) is 3.69. The molecule has 1 aliphatic carbocycles. The van der Waals surface area contributed by atoms with Gasteiger partial charge >= 0.3 is 0 Å². The molecular weight excluding hydrogens is 244 g/mol. The van der Waals surface area contributed by atoms with E-state index in [1.807, 2.05) is 13.1 Å². The molecule has 1 aromatic carbocycles. The van der Waals surface area contributed by atoms with E-state index < -0.39 is 11.6 Å². The Morgan fingerprint density at radius 1 is 1.16 bits per heavy atom. The second-order valence-corrected chi connectivity index (χ2v) is 5.29. The van der Waals surface area contributed by atoms with E-state index in [2.05, 4.69) is 5.32 Å². The van der Waals surface area contributed by atoms with Crippen molar-refractivity contribution in [3.05, 3.63) is 41.0 Å². The van der Waals surface area contributed by atoms with E-state index in [0.717, 1.165) is 12.6 Å². The molecule has 3 heteroatoms. The van der Waals surface area contributed by atoms with Gasteiger partial charge in [0, 0.05) is 12.6 Å². The van der Waals surface area contributed by atoms with Crippen molar-refractivity contribution in [3.8, 4) is 0 Å². The number of rotatable bonds is 4. The van der Waals surface area contributed by atoms with Crippen LogP contribution < -0.4 is 5.32 Å².